The first-order chi connectivity index (χ1) is 12.9. The van der Waals surface area contributed by atoms with Crippen molar-refractivity contribution in [3.8, 4) is 0 Å². The maximum absolute atomic E-state index is 12.9. The minimum absolute atomic E-state index is 0.282. The first kappa shape index (κ1) is 23.7. The van der Waals surface area contributed by atoms with Crippen LogP contribution in [0.2, 0.25) is 0 Å². The molecule has 27 heavy (non-hydrogen) atoms. The topological polar surface area (TPSA) is 49.7 Å². The SMILES string of the molecule is CCCCCC/C(=N/S(=O)(=O)c1ccc(C)cc1)N(CCCC)CCCC. The molecule has 0 saturated carbocycles. The van der Waals surface area contributed by atoms with Crippen LogP contribution in [0.25, 0.3) is 0 Å². The fourth-order valence-electron chi connectivity index (χ4n) is 2.94. The second-order valence-electron chi connectivity index (χ2n) is 7.30. The fraction of sp³-hybridized carbons (Fsp3) is 0.682. The Bertz CT molecular complexity index is 643. The molecule has 0 unspecified atom stereocenters. The van der Waals surface area contributed by atoms with Gasteiger partial charge >= 0.3 is 0 Å². The Balaban J connectivity index is 3.11. The van der Waals surface area contributed by atoms with Gasteiger partial charge in [0.05, 0.1) is 4.90 Å². The average Bonchev–Trinajstić information content (AvgIpc) is 2.65. The molecule has 1 rings (SSSR count). The fourth-order valence-corrected chi connectivity index (χ4v) is 4.01. The summed E-state index contributed by atoms with van der Waals surface area (Å²) in [7, 11) is -3.67. The van der Waals surface area contributed by atoms with Crippen LogP contribution in [0.1, 0.15) is 84.1 Å². The molecule has 5 heteroatoms. The number of hydrogen-bond donors (Lipinski definition) is 0. The maximum atomic E-state index is 12.9. The van der Waals surface area contributed by atoms with Crippen molar-refractivity contribution in [3.63, 3.8) is 0 Å². The van der Waals surface area contributed by atoms with Gasteiger partial charge in [0.2, 0.25) is 0 Å². The molecule has 0 aliphatic heterocycles. The van der Waals surface area contributed by atoms with Crippen LogP contribution in [-0.4, -0.2) is 32.2 Å². The molecular weight excluding hydrogens is 356 g/mol. The average molecular weight is 395 g/mol. The van der Waals surface area contributed by atoms with E-state index in [9.17, 15) is 8.42 Å². The number of amidine groups is 1. The van der Waals surface area contributed by atoms with E-state index in [0.29, 0.717) is 0 Å². The number of benzene rings is 1. The molecule has 0 radical (unpaired) electrons. The Kier molecular flexibility index (Phi) is 11.3. The molecule has 0 N–H and O–H groups in total. The van der Waals surface area contributed by atoms with Crippen LogP contribution in [0.3, 0.4) is 0 Å². The molecule has 0 fully saturated rings. The summed E-state index contributed by atoms with van der Waals surface area (Å²) in [5.41, 5.74) is 1.05. The zero-order valence-corrected chi connectivity index (χ0v) is 18.5. The highest BCUT2D eigenvalue weighted by Crippen LogP contribution is 2.17. The van der Waals surface area contributed by atoms with Gasteiger partial charge in [0.15, 0.2) is 0 Å². The van der Waals surface area contributed by atoms with Crippen LogP contribution < -0.4 is 0 Å². The third-order valence-corrected chi connectivity index (χ3v) is 6.05. The summed E-state index contributed by atoms with van der Waals surface area (Å²) in [6.45, 7) is 10.2. The molecule has 0 bridgehead atoms. The second kappa shape index (κ2) is 12.9. The number of aryl methyl sites for hydroxylation is 1. The van der Waals surface area contributed by atoms with Crippen LogP contribution in [0.4, 0.5) is 0 Å². The predicted molar refractivity (Wildman–Crippen MR) is 116 cm³/mol. The van der Waals surface area contributed by atoms with Gasteiger partial charge in [0, 0.05) is 19.5 Å². The molecule has 1 aromatic rings. The van der Waals surface area contributed by atoms with Crippen molar-refractivity contribution in [2.24, 2.45) is 4.40 Å². The summed E-state index contributed by atoms with van der Waals surface area (Å²) in [5, 5.41) is 0. The van der Waals surface area contributed by atoms with Crippen molar-refractivity contribution in [1.29, 1.82) is 0 Å². The molecule has 0 heterocycles. The molecule has 0 spiro atoms. The van der Waals surface area contributed by atoms with Crippen molar-refractivity contribution in [3.05, 3.63) is 29.8 Å². The smallest absolute Gasteiger partial charge is 0.283 e. The standard InChI is InChI=1S/C22H38N2O2S/c1-5-8-11-12-13-22(24(18-9-6-2)19-10-7-3)23-27(25,26)21-16-14-20(4)15-17-21/h14-17H,5-13,18-19H2,1-4H3/b23-22-. The number of hydrogen-bond acceptors (Lipinski definition) is 2. The van der Waals surface area contributed by atoms with Crippen molar-refractivity contribution in [1.82, 2.24) is 4.90 Å². The Morgan fingerprint density at radius 2 is 1.41 bits per heavy atom. The van der Waals surface area contributed by atoms with Crippen molar-refractivity contribution in [2.45, 2.75) is 90.4 Å². The molecule has 154 valence electrons. The minimum atomic E-state index is -3.67. The van der Waals surface area contributed by atoms with E-state index in [1.165, 1.54) is 12.8 Å². The number of sulfonamides is 1. The lowest BCUT2D eigenvalue weighted by molar-refractivity contribution is 0.389. The quantitative estimate of drug-likeness (QED) is 0.236. The third kappa shape index (κ3) is 8.91. The van der Waals surface area contributed by atoms with Crippen LogP contribution in [-0.2, 0) is 10.0 Å². The van der Waals surface area contributed by atoms with Crippen LogP contribution in [0, 0.1) is 6.92 Å². The van der Waals surface area contributed by atoms with E-state index in [0.717, 1.165) is 69.4 Å². The lowest BCUT2D eigenvalue weighted by atomic mass is 10.1. The Morgan fingerprint density at radius 1 is 0.852 bits per heavy atom. The molecule has 1 aromatic carbocycles. The molecule has 0 saturated heterocycles. The van der Waals surface area contributed by atoms with Gasteiger partial charge in [-0.2, -0.15) is 8.42 Å². The van der Waals surface area contributed by atoms with Crippen LogP contribution in [0.15, 0.2) is 33.6 Å². The summed E-state index contributed by atoms with van der Waals surface area (Å²) in [4.78, 5) is 2.50. The largest absolute Gasteiger partial charge is 0.359 e. The predicted octanol–water partition coefficient (Wildman–Crippen LogP) is 5.95. The van der Waals surface area contributed by atoms with E-state index in [4.69, 9.17) is 0 Å². The monoisotopic (exact) mass is 394 g/mol. The minimum Gasteiger partial charge on any atom is -0.359 e. The summed E-state index contributed by atoms with van der Waals surface area (Å²) >= 11 is 0. The first-order valence-corrected chi connectivity index (χ1v) is 12.0. The van der Waals surface area contributed by atoms with E-state index >= 15 is 0 Å². The summed E-state index contributed by atoms with van der Waals surface area (Å²) in [6.07, 6.45) is 9.50. The van der Waals surface area contributed by atoms with E-state index in [1.807, 2.05) is 19.1 Å². The first-order valence-electron chi connectivity index (χ1n) is 10.6. The third-order valence-electron chi connectivity index (χ3n) is 4.73. The van der Waals surface area contributed by atoms with Gasteiger partial charge in [-0.3, -0.25) is 0 Å². The number of nitrogens with zero attached hydrogens (tertiary/aromatic N) is 2. The van der Waals surface area contributed by atoms with Gasteiger partial charge in [-0.15, -0.1) is 4.40 Å². The lowest BCUT2D eigenvalue weighted by Gasteiger charge is -2.26. The zero-order chi connectivity index (χ0) is 20.1. The molecule has 0 aliphatic carbocycles. The summed E-state index contributed by atoms with van der Waals surface area (Å²) in [6, 6.07) is 6.97. The van der Waals surface area contributed by atoms with Crippen LogP contribution >= 0.6 is 0 Å². The molecular formula is C22H38N2O2S. The zero-order valence-electron chi connectivity index (χ0n) is 17.7. The van der Waals surface area contributed by atoms with Gasteiger partial charge in [-0.05, 0) is 38.3 Å². The van der Waals surface area contributed by atoms with E-state index in [-0.39, 0.29) is 4.90 Å². The number of rotatable bonds is 13. The van der Waals surface area contributed by atoms with E-state index in [1.54, 1.807) is 12.1 Å². The Morgan fingerprint density at radius 3 is 1.93 bits per heavy atom. The Hall–Kier alpha value is -1.36. The summed E-state index contributed by atoms with van der Waals surface area (Å²) < 4.78 is 30.1. The second-order valence-corrected chi connectivity index (χ2v) is 8.90. The normalized spacial score (nSPS) is 12.4. The van der Waals surface area contributed by atoms with Crippen molar-refractivity contribution < 1.29 is 8.42 Å². The van der Waals surface area contributed by atoms with E-state index < -0.39 is 10.0 Å². The summed E-state index contributed by atoms with van der Waals surface area (Å²) in [5.74, 6) is 0.744. The maximum Gasteiger partial charge on any atom is 0.283 e. The molecule has 0 aliphatic rings. The lowest BCUT2D eigenvalue weighted by Crippen LogP contribution is -2.33. The van der Waals surface area contributed by atoms with E-state index in [2.05, 4.69) is 30.1 Å². The highest BCUT2D eigenvalue weighted by molar-refractivity contribution is 7.90. The van der Waals surface area contributed by atoms with Gasteiger partial charge in [-0.25, -0.2) is 0 Å². The van der Waals surface area contributed by atoms with Gasteiger partial charge < -0.3 is 4.90 Å². The van der Waals surface area contributed by atoms with Gasteiger partial charge in [-0.1, -0.05) is 70.6 Å². The number of unbranched alkanes of at least 4 members (excludes halogenated alkanes) is 5. The highest BCUT2D eigenvalue weighted by atomic mass is 32.2. The van der Waals surface area contributed by atoms with Crippen molar-refractivity contribution in [2.75, 3.05) is 13.1 Å². The molecule has 4 nitrogen and oxygen atoms in total. The molecule has 0 atom stereocenters. The highest BCUT2D eigenvalue weighted by Gasteiger charge is 2.18. The Labute approximate surface area is 167 Å². The van der Waals surface area contributed by atoms with Crippen molar-refractivity contribution >= 4 is 15.9 Å². The molecule has 0 amide bonds. The van der Waals surface area contributed by atoms with Crippen LogP contribution in [0.5, 0.6) is 0 Å². The molecule has 0 aromatic heterocycles. The van der Waals surface area contributed by atoms with Gasteiger partial charge in [0.1, 0.15) is 5.84 Å². The van der Waals surface area contributed by atoms with Gasteiger partial charge in [0.25, 0.3) is 10.0 Å².